The molecule has 0 unspecified atom stereocenters. The van der Waals surface area contributed by atoms with E-state index in [-0.39, 0.29) is 5.91 Å². The molecule has 0 radical (unpaired) electrons. The van der Waals surface area contributed by atoms with Gasteiger partial charge in [0.25, 0.3) is 5.91 Å². The third kappa shape index (κ3) is 5.74. The minimum absolute atomic E-state index is 0.0446. The van der Waals surface area contributed by atoms with Crippen LogP contribution in [0.15, 0.2) is 36.5 Å². The summed E-state index contributed by atoms with van der Waals surface area (Å²) in [6.07, 6.45) is 5.00. The second-order valence-electron chi connectivity index (χ2n) is 9.39. The number of amides is 1. The molecule has 0 spiro atoms. The van der Waals surface area contributed by atoms with Gasteiger partial charge < -0.3 is 20.0 Å². The molecule has 1 N–H and O–H groups in total. The molecule has 1 aromatic heterocycles. The van der Waals surface area contributed by atoms with Crippen molar-refractivity contribution in [1.82, 2.24) is 19.7 Å². The van der Waals surface area contributed by atoms with E-state index < -0.39 is 0 Å². The molecule has 6 heteroatoms. The Kier molecular flexibility index (Phi) is 7.99. The molecule has 0 atom stereocenters. The number of carbonyl (C=O) groups excluding carboxylic acids is 1. The molecule has 4 rings (SSSR count). The van der Waals surface area contributed by atoms with Crippen LogP contribution < -0.4 is 5.32 Å². The molecule has 2 saturated heterocycles. The van der Waals surface area contributed by atoms with Gasteiger partial charge in [0.05, 0.1) is 5.69 Å². The molecule has 2 fully saturated rings. The molecule has 1 aromatic carbocycles. The van der Waals surface area contributed by atoms with Gasteiger partial charge in [-0.15, -0.1) is 0 Å². The van der Waals surface area contributed by atoms with Crippen molar-refractivity contribution in [2.24, 2.45) is 5.92 Å². The molecule has 0 saturated carbocycles. The van der Waals surface area contributed by atoms with Gasteiger partial charge in [0.15, 0.2) is 5.69 Å². The van der Waals surface area contributed by atoms with Crippen LogP contribution in [0.25, 0.3) is 11.1 Å². The highest BCUT2D eigenvalue weighted by molar-refractivity contribution is 5.98. The fraction of sp³-hybridized carbons (Fsp3) is 0.556. The van der Waals surface area contributed by atoms with E-state index in [9.17, 15) is 4.79 Å². The van der Waals surface area contributed by atoms with Crippen molar-refractivity contribution in [3.8, 4) is 11.1 Å². The molecule has 0 aliphatic carbocycles. The van der Waals surface area contributed by atoms with Crippen LogP contribution in [0.1, 0.15) is 42.7 Å². The summed E-state index contributed by atoms with van der Waals surface area (Å²) >= 11 is 0. The number of likely N-dealkylation sites (tertiary alicyclic amines) is 1. The lowest BCUT2D eigenvalue weighted by atomic mass is 9.95. The first-order chi connectivity index (χ1) is 16.1. The molecule has 2 aliphatic rings. The number of hydrogen-bond acceptors (Lipinski definition) is 5. The third-order valence-corrected chi connectivity index (χ3v) is 7.36. The number of aromatic nitrogens is 1. The first-order valence-corrected chi connectivity index (χ1v) is 12.6. The zero-order chi connectivity index (χ0) is 23.2. The standard InChI is InChI=1S/C27H39N5O/c1-4-21-7-6-8-23(17-21)24-18-25(28-3)26(29-19-24)27(33)32-11-9-22(10-12-32)20-31-15-13-30(5-2)14-16-31/h6-8,17-19,22,28H,4-5,9-16,20H2,1-3H3. The van der Waals surface area contributed by atoms with Crippen molar-refractivity contribution >= 4 is 11.6 Å². The number of hydrogen-bond donors (Lipinski definition) is 1. The maximum Gasteiger partial charge on any atom is 0.274 e. The molecule has 178 valence electrons. The summed E-state index contributed by atoms with van der Waals surface area (Å²) in [5.74, 6) is 0.732. The first kappa shape index (κ1) is 23.7. The van der Waals surface area contributed by atoms with Gasteiger partial charge in [-0.25, -0.2) is 4.98 Å². The number of anilines is 1. The molecule has 33 heavy (non-hydrogen) atoms. The predicted octanol–water partition coefficient (Wildman–Crippen LogP) is 3.84. The Labute approximate surface area is 199 Å². The largest absolute Gasteiger partial charge is 0.386 e. The number of nitrogens with one attached hydrogen (secondary N) is 1. The van der Waals surface area contributed by atoms with Crippen LogP contribution in [-0.4, -0.2) is 85.0 Å². The average molecular weight is 450 g/mol. The second-order valence-corrected chi connectivity index (χ2v) is 9.39. The lowest BCUT2D eigenvalue weighted by Crippen LogP contribution is -2.49. The normalized spacial score (nSPS) is 18.5. The highest BCUT2D eigenvalue weighted by Crippen LogP contribution is 2.27. The fourth-order valence-electron chi connectivity index (χ4n) is 5.08. The van der Waals surface area contributed by atoms with Crippen LogP contribution >= 0.6 is 0 Å². The van der Waals surface area contributed by atoms with Gasteiger partial charge in [0, 0.05) is 64.6 Å². The quantitative estimate of drug-likeness (QED) is 0.696. The van der Waals surface area contributed by atoms with E-state index >= 15 is 0 Å². The number of piperazine rings is 1. The predicted molar refractivity (Wildman–Crippen MR) is 136 cm³/mol. The Morgan fingerprint density at radius 3 is 2.39 bits per heavy atom. The number of piperidine rings is 1. The van der Waals surface area contributed by atoms with Crippen molar-refractivity contribution in [3.05, 3.63) is 47.8 Å². The first-order valence-electron chi connectivity index (χ1n) is 12.6. The Morgan fingerprint density at radius 1 is 1.00 bits per heavy atom. The van der Waals surface area contributed by atoms with E-state index in [1.54, 1.807) is 0 Å². The van der Waals surface area contributed by atoms with E-state index in [1.807, 2.05) is 18.1 Å². The summed E-state index contributed by atoms with van der Waals surface area (Å²) in [6.45, 7) is 13.1. The van der Waals surface area contributed by atoms with Crippen molar-refractivity contribution in [2.45, 2.75) is 33.1 Å². The molecule has 0 bridgehead atoms. The van der Waals surface area contributed by atoms with Crippen molar-refractivity contribution in [1.29, 1.82) is 0 Å². The molecule has 2 aliphatic heterocycles. The highest BCUT2D eigenvalue weighted by Gasteiger charge is 2.28. The number of nitrogens with zero attached hydrogens (tertiary/aromatic N) is 4. The molecule has 6 nitrogen and oxygen atoms in total. The van der Waals surface area contributed by atoms with Crippen LogP contribution in [0, 0.1) is 5.92 Å². The minimum atomic E-state index is 0.0446. The lowest BCUT2D eigenvalue weighted by molar-refractivity contribution is 0.0632. The summed E-state index contributed by atoms with van der Waals surface area (Å²) in [5.41, 5.74) is 4.80. The monoisotopic (exact) mass is 449 g/mol. The van der Waals surface area contributed by atoms with Gasteiger partial charge >= 0.3 is 0 Å². The third-order valence-electron chi connectivity index (χ3n) is 7.36. The zero-order valence-electron chi connectivity index (χ0n) is 20.5. The number of rotatable bonds is 7. The lowest BCUT2D eigenvalue weighted by Gasteiger charge is -2.38. The second kappa shape index (κ2) is 11.1. The van der Waals surface area contributed by atoms with Crippen LogP contribution in [0.4, 0.5) is 5.69 Å². The van der Waals surface area contributed by atoms with E-state index in [2.05, 4.69) is 64.3 Å². The molecule has 1 amide bonds. The Bertz CT molecular complexity index is 930. The van der Waals surface area contributed by atoms with E-state index in [1.165, 1.54) is 38.3 Å². The summed E-state index contributed by atoms with van der Waals surface area (Å²) < 4.78 is 0. The topological polar surface area (TPSA) is 51.7 Å². The number of aryl methyl sites for hydroxylation is 1. The number of carbonyl (C=O) groups is 1. The van der Waals surface area contributed by atoms with E-state index in [0.717, 1.165) is 55.7 Å². The summed E-state index contributed by atoms with van der Waals surface area (Å²) in [4.78, 5) is 25.0. The Morgan fingerprint density at radius 2 is 1.73 bits per heavy atom. The highest BCUT2D eigenvalue weighted by atomic mass is 16.2. The average Bonchev–Trinajstić information content (AvgIpc) is 2.88. The number of likely N-dealkylation sites (N-methyl/N-ethyl adjacent to an activating group) is 1. The van der Waals surface area contributed by atoms with Crippen molar-refractivity contribution < 1.29 is 4.79 Å². The van der Waals surface area contributed by atoms with Crippen molar-refractivity contribution in [2.75, 3.05) is 64.7 Å². The Hall–Kier alpha value is -2.44. The SMILES string of the molecule is CCc1cccc(-c2cnc(C(=O)N3CCC(CN4CCN(CC)CC4)CC3)c(NC)c2)c1. The van der Waals surface area contributed by atoms with Gasteiger partial charge in [0.2, 0.25) is 0 Å². The van der Waals surface area contributed by atoms with E-state index in [0.29, 0.717) is 11.6 Å². The maximum absolute atomic E-state index is 13.3. The van der Waals surface area contributed by atoms with Crippen LogP contribution in [0.3, 0.4) is 0 Å². The van der Waals surface area contributed by atoms with Gasteiger partial charge in [0.1, 0.15) is 0 Å². The van der Waals surface area contributed by atoms with Gasteiger partial charge in [-0.3, -0.25) is 4.79 Å². The minimum Gasteiger partial charge on any atom is -0.386 e. The fourth-order valence-corrected chi connectivity index (χ4v) is 5.08. The summed E-state index contributed by atoms with van der Waals surface area (Å²) in [7, 11) is 1.87. The van der Waals surface area contributed by atoms with Gasteiger partial charge in [-0.1, -0.05) is 38.1 Å². The maximum atomic E-state index is 13.3. The van der Waals surface area contributed by atoms with Crippen LogP contribution in [-0.2, 0) is 6.42 Å². The number of pyridine rings is 1. The van der Waals surface area contributed by atoms with Gasteiger partial charge in [-0.05, 0) is 48.9 Å². The van der Waals surface area contributed by atoms with Crippen LogP contribution in [0.2, 0.25) is 0 Å². The molecular weight excluding hydrogens is 410 g/mol. The van der Waals surface area contributed by atoms with E-state index in [4.69, 9.17) is 0 Å². The number of benzene rings is 1. The summed E-state index contributed by atoms with van der Waals surface area (Å²) in [5, 5.41) is 3.20. The smallest absolute Gasteiger partial charge is 0.274 e. The molecular formula is C27H39N5O. The summed E-state index contributed by atoms with van der Waals surface area (Å²) in [6, 6.07) is 10.6. The van der Waals surface area contributed by atoms with Crippen molar-refractivity contribution in [3.63, 3.8) is 0 Å². The van der Waals surface area contributed by atoms with Gasteiger partial charge in [-0.2, -0.15) is 0 Å². The molecule has 3 heterocycles. The van der Waals surface area contributed by atoms with Crippen LogP contribution in [0.5, 0.6) is 0 Å². The zero-order valence-corrected chi connectivity index (χ0v) is 20.5. The molecule has 2 aromatic rings. The Balaban J connectivity index is 1.36.